The molecule has 0 spiro atoms. The summed E-state index contributed by atoms with van der Waals surface area (Å²) in [5.74, 6) is 0. The Labute approximate surface area is 47.0 Å². The van der Waals surface area contributed by atoms with Crippen molar-refractivity contribution < 1.29 is 0 Å². The molecule has 0 rings (SSSR count). The second-order valence-electron chi connectivity index (χ2n) is 0.365. The first-order valence-corrected chi connectivity index (χ1v) is 3.10. The van der Waals surface area contributed by atoms with E-state index in [1.54, 1.807) is 0 Å². The molecule has 0 saturated heterocycles. The number of thiol groups is 2. The minimum atomic E-state index is 0.767. The first-order chi connectivity index (χ1) is 2.41. The van der Waals surface area contributed by atoms with Crippen LogP contribution in [0.3, 0.4) is 0 Å². The first-order valence-electron chi connectivity index (χ1n) is 1.03. The zero-order valence-electron chi connectivity index (χ0n) is 2.51. The lowest BCUT2D eigenvalue weighted by Gasteiger charge is -1.82. The van der Waals surface area contributed by atoms with Gasteiger partial charge in [0.2, 0.25) is 0 Å². The lowest BCUT2D eigenvalue weighted by molar-refractivity contribution is 1.78. The zero-order chi connectivity index (χ0) is 4.12. The van der Waals surface area contributed by atoms with E-state index in [2.05, 4.69) is 29.6 Å². The maximum atomic E-state index is 3.85. The van der Waals surface area contributed by atoms with Crippen molar-refractivity contribution in [2.75, 3.05) is 5.08 Å². The smallest absolute Gasteiger partial charge is 0.0515 e. The molecule has 1 N–H and O–H groups in total. The molecule has 5 heavy (non-hydrogen) atoms. The van der Waals surface area contributed by atoms with Gasteiger partial charge < -0.3 is 0 Å². The molecule has 0 bridgehead atoms. The maximum absolute atomic E-state index is 3.85. The van der Waals surface area contributed by atoms with Gasteiger partial charge >= 0.3 is 0 Å². The molecule has 0 atom stereocenters. The van der Waals surface area contributed by atoms with Crippen molar-refractivity contribution in [3.63, 3.8) is 0 Å². The third-order valence-electron chi connectivity index (χ3n) is 0.129. The van der Waals surface area contributed by atoms with Crippen LogP contribution in [0.15, 0.2) is 0 Å². The Kier molecular flexibility index (Phi) is 6.02. The Morgan fingerprint density at radius 1 is 1.80 bits per heavy atom. The Morgan fingerprint density at radius 2 is 2.40 bits per heavy atom. The van der Waals surface area contributed by atoms with Crippen molar-refractivity contribution in [1.29, 1.82) is 0 Å². The zero-order valence-corrected chi connectivity index (χ0v) is 5.12. The second kappa shape index (κ2) is 5.01. The van der Waals surface area contributed by atoms with Gasteiger partial charge in [-0.1, -0.05) is 24.8 Å². The standard InChI is InChI=1S/CH5NS3/c3-1-5-2-4/h2-4H,1H2. The van der Waals surface area contributed by atoms with Gasteiger partial charge in [0.1, 0.15) is 0 Å². The summed E-state index contributed by atoms with van der Waals surface area (Å²) in [6, 6.07) is 0. The molecule has 0 aliphatic carbocycles. The van der Waals surface area contributed by atoms with Crippen LogP contribution in [0.2, 0.25) is 0 Å². The van der Waals surface area contributed by atoms with Gasteiger partial charge in [-0.15, -0.1) is 0 Å². The first kappa shape index (κ1) is 6.01. The monoisotopic (exact) mass is 127 g/mol. The Hall–Kier alpha value is 1.01. The minimum absolute atomic E-state index is 0.767. The van der Waals surface area contributed by atoms with Crippen molar-refractivity contribution in [1.82, 2.24) is 4.13 Å². The molecule has 0 aromatic carbocycles. The molecule has 4 heteroatoms. The second-order valence-corrected chi connectivity index (χ2v) is 2.42. The van der Waals surface area contributed by atoms with E-state index in [4.69, 9.17) is 0 Å². The van der Waals surface area contributed by atoms with Gasteiger partial charge in [0.15, 0.2) is 0 Å². The molecule has 0 heterocycles. The van der Waals surface area contributed by atoms with Gasteiger partial charge in [0.25, 0.3) is 0 Å². The molecule has 0 radical (unpaired) electrons. The average Bonchev–Trinajstić information content (AvgIpc) is 1.41. The molecular formula is CH5NS3. The van der Waals surface area contributed by atoms with Crippen LogP contribution < -0.4 is 4.13 Å². The molecule has 0 amide bonds. The summed E-state index contributed by atoms with van der Waals surface area (Å²) in [4.78, 5) is 0. The fourth-order valence-corrected chi connectivity index (χ4v) is 0.779. The van der Waals surface area contributed by atoms with Gasteiger partial charge in [-0.05, 0) is 0 Å². The van der Waals surface area contributed by atoms with Crippen molar-refractivity contribution in [3.8, 4) is 0 Å². The topological polar surface area (TPSA) is 12.0 Å². The van der Waals surface area contributed by atoms with E-state index in [0.29, 0.717) is 0 Å². The van der Waals surface area contributed by atoms with Crippen molar-refractivity contribution >= 4 is 37.4 Å². The Bertz CT molecular complexity index is 14.4. The quantitative estimate of drug-likeness (QED) is 0.290. The van der Waals surface area contributed by atoms with Crippen LogP contribution in [0.1, 0.15) is 0 Å². The molecule has 0 aliphatic rings. The molecular weight excluding hydrogens is 122 g/mol. The fourth-order valence-electron chi connectivity index (χ4n) is 0.0289. The van der Waals surface area contributed by atoms with E-state index in [1.807, 2.05) is 0 Å². The number of nitrogens with one attached hydrogen (secondary N) is 1. The van der Waals surface area contributed by atoms with Crippen molar-refractivity contribution in [2.45, 2.75) is 0 Å². The van der Waals surface area contributed by atoms with Gasteiger partial charge in [0, 0.05) is 0 Å². The maximum Gasteiger partial charge on any atom is 0.0515 e. The Balaban J connectivity index is 2.19. The van der Waals surface area contributed by atoms with E-state index >= 15 is 0 Å². The molecule has 0 aromatic rings. The summed E-state index contributed by atoms with van der Waals surface area (Å²) in [5, 5.41) is 0.767. The lowest BCUT2D eigenvalue weighted by Crippen LogP contribution is -1.77. The molecule has 0 aliphatic heterocycles. The fraction of sp³-hybridized carbons (Fsp3) is 1.00. The van der Waals surface area contributed by atoms with E-state index in [0.717, 1.165) is 5.08 Å². The SMILES string of the molecule is SCSNS. The van der Waals surface area contributed by atoms with E-state index < -0.39 is 0 Å². The molecule has 0 fully saturated rings. The predicted molar refractivity (Wildman–Crippen MR) is 33.6 cm³/mol. The number of hydrogen-bond acceptors (Lipinski definition) is 4. The summed E-state index contributed by atoms with van der Waals surface area (Å²) in [6.45, 7) is 0. The van der Waals surface area contributed by atoms with Crippen LogP contribution in [0, 0.1) is 0 Å². The number of rotatable bonds is 2. The van der Waals surface area contributed by atoms with Crippen LogP contribution in [0.4, 0.5) is 0 Å². The summed E-state index contributed by atoms with van der Waals surface area (Å²) in [7, 11) is 0. The van der Waals surface area contributed by atoms with Gasteiger partial charge in [0.05, 0.1) is 5.08 Å². The predicted octanol–water partition coefficient (Wildman–Crippen LogP) is 0.956. The largest absolute Gasteiger partial charge is 0.210 e. The Morgan fingerprint density at radius 3 is 2.40 bits per heavy atom. The molecule has 0 saturated carbocycles. The van der Waals surface area contributed by atoms with Gasteiger partial charge in [-0.3, -0.25) is 0 Å². The highest BCUT2D eigenvalue weighted by Gasteiger charge is 1.66. The highest BCUT2D eigenvalue weighted by atomic mass is 32.2. The van der Waals surface area contributed by atoms with Crippen LogP contribution in [0.5, 0.6) is 0 Å². The molecule has 32 valence electrons. The summed E-state index contributed by atoms with van der Waals surface area (Å²) in [5.41, 5.74) is 0. The van der Waals surface area contributed by atoms with Gasteiger partial charge in [-0.2, -0.15) is 12.6 Å². The molecule has 1 nitrogen and oxygen atoms in total. The van der Waals surface area contributed by atoms with Crippen LogP contribution in [0.25, 0.3) is 0 Å². The van der Waals surface area contributed by atoms with E-state index in [-0.39, 0.29) is 0 Å². The third kappa shape index (κ3) is 5.01. The number of hydrogen-bond donors (Lipinski definition) is 3. The van der Waals surface area contributed by atoms with Crippen molar-refractivity contribution in [2.24, 2.45) is 0 Å². The highest BCUT2D eigenvalue weighted by Crippen LogP contribution is 1.93. The summed E-state index contributed by atoms with van der Waals surface area (Å²) < 4.78 is 2.55. The van der Waals surface area contributed by atoms with Crippen LogP contribution in [-0.2, 0) is 0 Å². The minimum Gasteiger partial charge on any atom is -0.210 e. The van der Waals surface area contributed by atoms with E-state index in [1.165, 1.54) is 11.9 Å². The third-order valence-corrected chi connectivity index (χ3v) is 1.16. The molecule has 0 unspecified atom stereocenters. The highest BCUT2D eigenvalue weighted by molar-refractivity contribution is 8.13. The van der Waals surface area contributed by atoms with Crippen molar-refractivity contribution in [3.05, 3.63) is 0 Å². The van der Waals surface area contributed by atoms with E-state index in [9.17, 15) is 0 Å². The average molecular weight is 127 g/mol. The molecule has 0 aromatic heterocycles. The summed E-state index contributed by atoms with van der Waals surface area (Å²) >= 11 is 8.96. The normalized spacial score (nSPS) is 8.40. The summed E-state index contributed by atoms with van der Waals surface area (Å²) in [6.07, 6.45) is 0. The lowest BCUT2D eigenvalue weighted by atomic mass is 11.9. The van der Waals surface area contributed by atoms with Crippen LogP contribution >= 0.6 is 37.4 Å². The van der Waals surface area contributed by atoms with Gasteiger partial charge in [-0.25, -0.2) is 4.13 Å². The van der Waals surface area contributed by atoms with Crippen LogP contribution in [-0.4, -0.2) is 5.08 Å².